The number of carboxylic acid groups (broad SMARTS) is 1. The second-order valence-corrected chi connectivity index (χ2v) is 3.42. The number of piperazine rings is 1. The Morgan fingerprint density at radius 1 is 1.45 bits per heavy atom. The van der Waals surface area contributed by atoms with Gasteiger partial charge in [-0.15, -0.1) is 0 Å². The number of rotatable bonds is 0. The first-order chi connectivity index (χ1) is 5.18. The minimum Gasteiger partial charge on any atom is -0.465 e. The maximum Gasteiger partial charge on any atom is 0.407 e. The monoisotopic (exact) mass is 156 g/mol. The van der Waals surface area contributed by atoms with Crippen LogP contribution in [0.1, 0.15) is 6.42 Å². The van der Waals surface area contributed by atoms with E-state index in [4.69, 9.17) is 5.11 Å². The number of hydrogen-bond acceptors (Lipinski definition) is 2. The number of likely N-dealkylation sites (tertiary alicyclic amines) is 2. The molecule has 0 unspecified atom stereocenters. The summed E-state index contributed by atoms with van der Waals surface area (Å²) in [7, 11) is 2.06. The third kappa shape index (κ3) is 0.894. The second-order valence-electron chi connectivity index (χ2n) is 3.42. The molecule has 0 aliphatic carbocycles. The number of fused-ring (bicyclic) bond motifs is 2. The highest BCUT2D eigenvalue weighted by Crippen LogP contribution is 2.28. The second kappa shape index (κ2) is 2.11. The van der Waals surface area contributed by atoms with Crippen LogP contribution < -0.4 is 0 Å². The summed E-state index contributed by atoms with van der Waals surface area (Å²) in [5.74, 6) is 0. The van der Waals surface area contributed by atoms with Crippen LogP contribution in [0.3, 0.4) is 0 Å². The minimum absolute atomic E-state index is 0.266. The standard InChI is InChI=1S/C7H12N2O2/c1-8-3-6-2-5(8)4-9(6)7(10)11/h5-6H,2-4H2,1H3,(H,10,11)/t5-,6+/m1/s1. The molecule has 1 amide bonds. The molecule has 2 heterocycles. The number of amides is 1. The molecule has 11 heavy (non-hydrogen) atoms. The van der Waals surface area contributed by atoms with E-state index >= 15 is 0 Å². The lowest BCUT2D eigenvalue weighted by atomic mass is 10.2. The molecule has 0 aromatic heterocycles. The van der Waals surface area contributed by atoms with Gasteiger partial charge < -0.3 is 10.0 Å². The van der Waals surface area contributed by atoms with E-state index in [0.29, 0.717) is 12.6 Å². The average Bonchev–Trinajstić information content (AvgIpc) is 2.43. The van der Waals surface area contributed by atoms with Crippen LogP contribution in [-0.2, 0) is 0 Å². The Balaban J connectivity index is 2.08. The van der Waals surface area contributed by atoms with Crippen LogP contribution in [0.25, 0.3) is 0 Å². The zero-order valence-electron chi connectivity index (χ0n) is 6.53. The lowest BCUT2D eigenvalue weighted by molar-refractivity contribution is 0.112. The van der Waals surface area contributed by atoms with Gasteiger partial charge in [-0.3, -0.25) is 4.90 Å². The predicted molar refractivity (Wildman–Crippen MR) is 39.6 cm³/mol. The fraction of sp³-hybridized carbons (Fsp3) is 0.857. The summed E-state index contributed by atoms with van der Waals surface area (Å²) < 4.78 is 0. The summed E-state index contributed by atoms with van der Waals surface area (Å²) in [5.41, 5.74) is 0. The molecule has 0 aromatic carbocycles. The van der Waals surface area contributed by atoms with Gasteiger partial charge in [-0.2, -0.15) is 0 Å². The van der Waals surface area contributed by atoms with Crippen LogP contribution in [0.4, 0.5) is 4.79 Å². The van der Waals surface area contributed by atoms with Crippen molar-refractivity contribution in [2.45, 2.75) is 18.5 Å². The van der Waals surface area contributed by atoms with E-state index in [1.165, 1.54) is 0 Å². The lowest BCUT2D eigenvalue weighted by Gasteiger charge is -2.29. The van der Waals surface area contributed by atoms with Crippen LogP contribution in [0.5, 0.6) is 0 Å². The van der Waals surface area contributed by atoms with Gasteiger partial charge in [0.2, 0.25) is 0 Å². The molecular weight excluding hydrogens is 144 g/mol. The predicted octanol–water partition coefficient (Wildman–Crippen LogP) is 0.0527. The number of likely N-dealkylation sites (N-methyl/N-ethyl adjacent to an activating group) is 1. The van der Waals surface area contributed by atoms with Crippen molar-refractivity contribution in [2.24, 2.45) is 0 Å². The van der Waals surface area contributed by atoms with Crippen molar-refractivity contribution in [3.63, 3.8) is 0 Å². The van der Waals surface area contributed by atoms with Gasteiger partial charge in [0.05, 0.1) is 0 Å². The summed E-state index contributed by atoms with van der Waals surface area (Å²) in [4.78, 5) is 14.4. The summed E-state index contributed by atoms with van der Waals surface area (Å²) in [5, 5.41) is 8.73. The van der Waals surface area contributed by atoms with E-state index in [9.17, 15) is 4.79 Å². The fourth-order valence-corrected chi connectivity index (χ4v) is 2.10. The van der Waals surface area contributed by atoms with Gasteiger partial charge in [-0.1, -0.05) is 0 Å². The SMILES string of the molecule is CN1C[C@@H]2C[C@@H]1CN2C(=O)O. The van der Waals surface area contributed by atoms with Gasteiger partial charge in [-0.25, -0.2) is 4.79 Å². The van der Waals surface area contributed by atoms with E-state index in [-0.39, 0.29) is 6.04 Å². The Morgan fingerprint density at radius 3 is 2.55 bits per heavy atom. The smallest absolute Gasteiger partial charge is 0.407 e. The molecule has 2 saturated heterocycles. The zero-order valence-corrected chi connectivity index (χ0v) is 6.53. The molecule has 62 valence electrons. The van der Waals surface area contributed by atoms with Crippen molar-refractivity contribution in [1.29, 1.82) is 0 Å². The highest BCUT2D eigenvalue weighted by atomic mass is 16.4. The maximum absolute atomic E-state index is 10.6. The maximum atomic E-state index is 10.6. The first kappa shape index (κ1) is 6.91. The molecule has 0 aromatic rings. The van der Waals surface area contributed by atoms with Crippen molar-refractivity contribution in [3.8, 4) is 0 Å². The largest absolute Gasteiger partial charge is 0.465 e. The molecule has 2 aliphatic rings. The first-order valence-corrected chi connectivity index (χ1v) is 3.88. The number of nitrogens with zero attached hydrogens (tertiary/aromatic N) is 2. The summed E-state index contributed by atoms with van der Waals surface area (Å²) in [6, 6.07) is 0.749. The van der Waals surface area contributed by atoms with Crippen molar-refractivity contribution in [1.82, 2.24) is 9.80 Å². The Kier molecular flexibility index (Phi) is 1.32. The number of hydrogen-bond donors (Lipinski definition) is 1. The zero-order chi connectivity index (χ0) is 8.01. The normalized spacial score (nSPS) is 36.6. The van der Waals surface area contributed by atoms with Gasteiger partial charge in [0.15, 0.2) is 0 Å². The van der Waals surface area contributed by atoms with Crippen LogP contribution in [0.15, 0.2) is 0 Å². The summed E-state index contributed by atoms with van der Waals surface area (Å²) in [6.07, 6.45) is 0.272. The Morgan fingerprint density at radius 2 is 2.18 bits per heavy atom. The lowest BCUT2D eigenvalue weighted by Crippen LogP contribution is -2.46. The third-order valence-electron chi connectivity index (χ3n) is 2.76. The first-order valence-electron chi connectivity index (χ1n) is 3.88. The van der Waals surface area contributed by atoms with Crippen LogP contribution in [0, 0.1) is 0 Å². The Bertz CT molecular complexity index is 193. The molecule has 4 heteroatoms. The van der Waals surface area contributed by atoms with Crippen LogP contribution in [0.2, 0.25) is 0 Å². The fourth-order valence-electron chi connectivity index (χ4n) is 2.10. The Hall–Kier alpha value is -0.770. The summed E-state index contributed by atoms with van der Waals surface area (Å²) >= 11 is 0. The Labute approximate surface area is 65.4 Å². The molecule has 2 rings (SSSR count). The van der Waals surface area contributed by atoms with Crippen LogP contribution in [-0.4, -0.2) is 53.2 Å². The molecule has 0 spiro atoms. The topological polar surface area (TPSA) is 43.8 Å². The quantitative estimate of drug-likeness (QED) is 0.539. The molecule has 4 nitrogen and oxygen atoms in total. The molecule has 1 N–H and O–H groups in total. The highest BCUT2D eigenvalue weighted by Gasteiger charge is 2.43. The highest BCUT2D eigenvalue weighted by molar-refractivity contribution is 5.66. The van der Waals surface area contributed by atoms with E-state index in [0.717, 1.165) is 13.0 Å². The molecular formula is C7H12N2O2. The van der Waals surface area contributed by atoms with Crippen molar-refractivity contribution >= 4 is 6.09 Å². The number of carbonyl (C=O) groups is 1. The molecule has 2 fully saturated rings. The van der Waals surface area contributed by atoms with E-state index in [2.05, 4.69) is 11.9 Å². The molecule has 2 atom stereocenters. The third-order valence-corrected chi connectivity index (χ3v) is 2.76. The van der Waals surface area contributed by atoms with Gasteiger partial charge in [0.1, 0.15) is 0 Å². The molecule has 0 saturated carbocycles. The average molecular weight is 156 g/mol. The van der Waals surface area contributed by atoms with Gasteiger partial charge in [0.25, 0.3) is 0 Å². The minimum atomic E-state index is -0.759. The van der Waals surface area contributed by atoms with Crippen molar-refractivity contribution in [2.75, 3.05) is 20.1 Å². The van der Waals surface area contributed by atoms with Gasteiger partial charge >= 0.3 is 6.09 Å². The van der Waals surface area contributed by atoms with Gasteiger partial charge in [-0.05, 0) is 13.5 Å². The van der Waals surface area contributed by atoms with Gasteiger partial charge in [0, 0.05) is 25.2 Å². The van der Waals surface area contributed by atoms with E-state index < -0.39 is 6.09 Å². The molecule has 2 bridgehead atoms. The molecule has 2 aliphatic heterocycles. The summed E-state index contributed by atoms with van der Waals surface area (Å²) in [6.45, 7) is 1.62. The van der Waals surface area contributed by atoms with Crippen molar-refractivity contribution < 1.29 is 9.90 Å². The van der Waals surface area contributed by atoms with Crippen molar-refractivity contribution in [3.05, 3.63) is 0 Å². The van der Waals surface area contributed by atoms with E-state index in [1.807, 2.05) is 0 Å². The van der Waals surface area contributed by atoms with E-state index in [1.54, 1.807) is 4.90 Å². The molecule has 0 radical (unpaired) electrons. The van der Waals surface area contributed by atoms with Crippen LogP contribution >= 0.6 is 0 Å².